The van der Waals surface area contributed by atoms with Crippen molar-refractivity contribution in [1.82, 2.24) is 0 Å². The summed E-state index contributed by atoms with van der Waals surface area (Å²) in [6.07, 6.45) is 0. The third kappa shape index (κ3) is 5.55. The first-order valence-electron chi connectivity index (χ1n) is 7.35. The second-order valence-corrected chi connectivity index (χ2v) is 6.23. The van der Waals surface area contributed by atoms with Gasteiger partial charge in [0.05, 0.1) is 5.75 Å². The van der Waals surface area contributed by atoms with Crippen LogP contribution in [0.4, 0.5) is 11.4 Å². The first kappa shape index (κ1) is 17.7. The van der Waals surface area contributed by atoms with Gasteiger partial charge in [0.15, 0.2) is 5.78 Å². The fourth-order valence-corrected chi connectivity index (χ4v) is 2.70. The highest BCUT2D eigenvalue weighted by Gasteiger charge is 2.06. The zero-order valence-corrected chi connectivity index (χ0v) is 14.3. The summed E-state index contributed by atoms with van der Waals surface area (Å²) in [6.45, 7) is 2.94. The highest BCUT2D eigenvalue weighted by atomic mass is 32.2. The SMILES string of the molecule is CC(=O)Nc1ccc(SCC(=O)Nc2cccc(C(C)=O)c2)cc1. The quantitative estimate of drug-likeness (QED) is 0.621. The van der Waals surface area contributed by atoms with Gasteiger partial charge in [-0.1, -0.05) is 12.1 Å². The van der Waals surface area contributed by atoms with Gasteiger partial charge in [-0.2, -0.15) is 0 Å². The van der Waals surface area contributed by atoms with E-state index in [-0.39, 0.29) is 23.4 Å². The molecule has 2 N–H and O–H groups in total. The fraction of sp³-hybridized carbons (Fsp3) is 0.167. The molecule has 2 aromatic carbocycles. The van der Waals surface area contributed by atoms with Crippen molar-refractivity contribution in [3.8, 4) is 0 Å². The topological polar surface area (TPSA) is 75.3 Å². The van der Waals surface area contributed by atoms with Gasteiger partial charge < -0.3 is 10.6 Å². The van der Waals surface area contributed by atoms with Crippen LogP contribution in [0.1, 0.15) is 24.2 Å². The Labute approximate surface area is 144 Å². The molecule has 0 saturated heterocycles. The van der Waals surface area contributed by atoms with Crippen molar-refractivity contribution in [2.45, 2.75) is 18.7 Å². The first-order chi connectivity index (χ1) is 11.4. The smallest absolute Gasteiger partial charge is 0.234 e. The molecule has 0 bridgehead atoms. The summed E-state index contributed by atoms with van der Waals surface area (Å²) < 4.78 is 0. The van der Waals surface area contributed by atoms with Crippen molar-refractivity contribution in [3.63, 3.8) is 0 Å². The average molecular weight is 342 g/mol. The monoisotopic (exact) mass is 342 g/mol. The van der Waals surface area contributed by atoms with Crippen LogP contribution in [0, 0.1) is 0 Å². The van der Waals surface area contributed by atoms with E-state index < -0.39 is 0 Å². The van der Waals surface area contributed by atoms with Crippen LogP contribution < -0.4 is 10.6 Å². The van der Waals surface area contributed by atoms with Gasteiger partial charge in [0, 0.05) is 28.8 Å². The van der Waals surface area contributed by atoms with Crippen molar-refractivity contribution >= 4 is 40.7 Å². The maximum Gasteiger partial charge on any atom is 0.234 e. The molecule has 0 atom stereocenters. The van der Waals surface area contributed by atoms with Crippen molar-refractivity contribution in [3.05, 3.63) is 54.1 Å². The van der Waals surface area contributed by atoms with E-state index in [1.54, 1.807) is 36.4 Å². The van der Waals surface area contributed by atoms with E-state index in [0.717, 1.165) is 10.6 Å². The number of hydrogen-bond acceptors (Lipinski definition) is 4. The van der Waals surface area contributed by atoms with E-state index in [1.807, 2.05) is 12.1 Å². The minimum absolute atomic E-state index is 0.0419. The van der Waals surface area contributed by atoms with Crippen LogP contribution in [-0.2, 0) is 9.59 Å². The molecule has 0 saturated carbocycles. The van der Waals surface area contributed by atoms with E-state index in [1.165, 1.54) is 25.6 Å². The summed E-state index contributed by atoms with van der Waals surface area (Å²) >= 11 is 1.39. The molecule has 0 spiro atoms. The van der Waals surface area contributed by atoms with Crippen LogP contribution in [0.5, 0.6) is 0 Å². The number of anilines is 2. The van der Waals surface area contributed by atoms with Crippen LogP contribution in [-0.4, -0.2) is 23.4 Å². The number of Topliss-reactive ketones (excluding diaryl/α,β-unsaturated/α-hetero) is 1. The molecule has 0 aromatic heterocycles. The van der Waals surface area contributed by atoms with Crippen LogP contribution in [0.15, 0.2) is 53.4 Å². The molecular formula is C18H18N2O3S. The van der Waals surface area contributed by atoms with Gasteiger partial charge in [-0.15, -0.1) is 11.8 Å². The molecule has 2 rings (SSSR count). The van der Waals surface area contributed by atoms with Crippen molar-refractivity contribution in [2.75, 3.05) is 16.4 Å². The number of thioether (sulfide) groups is 1. The predicted molar refractivity (Wildman–Crippen MR) is 96.5 cm³/mol. The Morgan fingerprint density at radius 2 is 1.62 bits per heavy atom. The summed E-state index contributed by atoms with van der Waals surface area (Å²) in [5.41, 5.74) is 1.89. The number of amides is 2. The van der Waals surface area contributed by atoms with Gasteiger partial charge in [0.25, 0.3) is 0 Å². The largest absolute Gasteiger partial charge is 0.326 e. The summed E-state index contributed by atoms with van der Waals surface area (Å²) in [4.78, 5) is 35.2. The Morgan fingerprint density at radius 3 is 2.25 bits per heavy atom. The Morgan fingerprint density at radius 1 is 0.917 bits per heavy atom. The van der Waals surface area contributed by atoms with Gasteiger partial charge in [0.2, 0.25) is 11.8 Å². The number of nitrogens with one attached hydrogen (secondary N) is 2. The summed E-state index contributed by atoms with van der Waals surface area (Å²) in [5, 5.41) is 5.46. The minimum atomic E-state index is -0.147. The third-order valence-electron chi connectivity index (χ3n) is 3.10. The van der Waals surface area contributed by atoms with Crippen LogP contribution in [0.3, 0.4) is 0 Å². The van der Waals surface area contributed by atoms with Gasteiger partial charge >= 0.3 is 0 Å². The van der Waals surface area contributed by atoms with Gasteiger partial charge in [-0.05, 0) is 43.3 Å². The number of carbonyl (C=O) groups is 3. The summed E-state index contributed by atoms with van der Waals surface area (Å²) in [7, 11) is 0. The molecule has 124 valence electrons. The summed E-state index contributed by atoms with van der Waals surface area (Å²) in [5.74, 6) is -0.0574. The number of rotatable bonds is 6. The molecule has 2 aromatic rings. The maximum atomic E-state index is 12.0. The first-order valence-corrected chi connectivity index (χ1v) is 8.34. The molecule has 24 heavy (non-hydrogen) atoms. The fourth-order valence-electron chi connectivity index (χ4n) is 2.00. The number of carbonyl (C=O) groups excluding carboxylic acids is 3. The zero-order valence-electron chi connectivity index (χ0n) is 13.5. The van der Waals surface area contributed by atoms with E-state index in [4.69, 9.17) is 0 Å². The highest BCUT2D eigenvalue weighted by molar-refractivity contribution is 8.00. The Balaban J connectivity index is 1.88. The molecule has 5 nitrogen and oxygen atoms in total. The molecule has 2 amide bonds. The molecule has 0 radical (unpaired) electrons. The molecule has 0 unspecified atom stereocenters. The zero-order chi connectivity index (χ0) is 17.5. The molecule has 0 aliphatic carbocycles. The van der Waals surface area contributed by atoms with E-state index >= 15 is 0 Å². The Kier molecular flexibility index (Phi) is 6.14. The Bertz CT molecular complexity index is 757. The van der Waals surface area contributed by atoms with Crippen LogP contribution >= 0.6 is 11.8 Å². The molecule has 0 fully saturated rings. The summed E-state index contributed by atoms with van der Waals surface area (Å²) in [6, 6.07) is 14.1. The van der Waals surface area contributed by atoms with Gasteiger partial charge in [-0.25, -0.2) is 0 Å². The van der Waals surface area contributed by atoms with Crippen molar-refractivity contribution < 1.29 is 14.4 Å². The minimum Gasteiger partial charge on any atom is -0.326 e. The lowest BCUT2D eigenvalue weighted by Gasteiger charge is -2.07. The van der Waals surface area contributed by atoms with E-state index in [9.17, 15) is 14.4 Å². The molecule has 0 aliphatic heterocycles. The highest BCUT2D eigenvalue weighted by Crippen LogP contribution is 2.21. The van der Waals surface area contributed by atoms with Crippen LogP contribution in [0.25, 0.3) is 0 Å². The lowest BCUT2D eigenvalue weighted by atomic mass is 10.1. The molecule has 6 heteroatoms. The standard InChI is InChI=1S/C18H18N2O3S/c1-12(21)14-4-3-5-16(10-14)20-18(23)11-24-17-8-6-15(7-9-17)19-13(2)22/h3-10H,11H2,1-2H3,(H,19,22)(H,20,23). The van der Waals surface area contributed by atoms with Crippen LogP contribution in [0.2, 0.25) is 0 Å². The normalized spacial score (nSPS) is 10.1. The number of benzene rings is 2. The maximum absolute atomic E-state index is 12.0. The number of hydrogen-bond donors (Lipinski definition) is 2. The van der Waals surface area contributed by atoms with Gasteiger partial charge in [-0.3, -0.25) is 14.4 Å². The second-order valence-electron chi connectivity index (χ2n) is 5.18. The molecule has 0 heterocycles. The molecular weight excluding hydrogens is 324 g/mol. The number of ketones is 1. The lowest BCUT2D eigenvalue weighted by Crippen LogP contribution is -2.14. The van der Waals surface area contributed by atoms with Gasteiger partial charge in [0.1, 0.15) is 0 Å². The second kappa shape index (κ2) is 8.31. The molecule has 0 aliphatic rings. The van der Waals surface area contributed by atoms with Crippen molar-refractivity contribution in [2.24, 2.45) is 0 Å². The lowest BCUT2D eigenvalue weighted by molar-refractivity contribution is -0.114. The average Bonchev–Trinajstić information content (AvgIpc) is 2.54. The van der Waals surface area contributed by atoms with Crippen molar-refractivity contribution in [1.29, 1.82) is 0 Å². The van der Waals surface area contributed by atoms with E-state index in [0.29, 0.717) is 11.3 Å². The predicted octanol–water partition coefficient (Wildman–Crippen LogP) is 3.58. The Hall–Kier alpha value is -2.60. The van der Waals surface area contributed by atoms with E-state index in [2.05, 4.69) is 10.6 Å². The third-order valence-corrected chi connectivity index (χ3v) is 4.11.